The van der Waals surface area contributed by atoms with Gasteiger partial charge in [0.1, 0.15) is 0 Å². The van der Waals surface area contributed by atoms with Crippen LogP contribution in [0.4, 0.5) is 11.4 Å². The van der Waals surface area contributed by atoms with Gasteiger partial charge in [-0.2, -0.15) is 0 Å². The second-order valence-corrected chi connectivity index (χ2v) is 8.99. The number of benzene rings is 2. The highest BCUT2D eigenvalue weighted by Crippen LogP contribution is 2.36. The number of para-hydroxylation sites is 2. The van der Waals surface area contributed by atoms with Crippen molar-refractivity contribution in [1.82, 2.24) is 0 Å². The molecule has 0 saturated heterocycles. The minimum Gasteiger partial charge on any atom is -0.386 e. The Balaban J connectivity index is 2.06. The van der Waals surface area contributed by atoms with E-state index in [-0.39, 0.29) is 0 Å². The van der Waals surface area contributed by atoms with Gasteiger partial charge in [0, 0.05) is 30.9 Å². The number of anilines is 2. The summed E-state index contributed by atoms with van der Waals surface area (Å²) in [5, 5.41) is 0. The lowest BCUT2D eigenvalue weighted by Gasteiger charge is -2.39. The highest BCUT2D eigenvalue weighted by Gasteiger charge is 2.47. The maximum Gasteiger partial charge on any atom is 0.424 e. The van der Waals surface area contributed by atoms with Crippen molar-refractivity contribution in [3.63, 3.8) is 0 Å². The summed E-state index contributed by atoms with van der Waals surface area (Å²) in [6.45, 7) is 6.51. The standard InChI is InChI=1S/C18H22N2OSi/c1-15-9-5-7-11-17(15)19-13-14-20(22(19,4)21-3)18-12-8-6-10-16(18)2/h5-14H,1-4H3. The molecule has 0 bridgehead atoms. The summed E-state index contributed by atoms with van der Waals surface area (Å²) >= 11 is 0. The molecule has 0 aromatic heterocycles. The Morgan fingerprint density at radius 2 is 1.18 bits per heavy atom. The third-order valence-corrected chi connectivity index (χ3v) is 7.74. The lowest BCUT2D eigenvalue weighted by Crippen LogP contribution is -2.59. The van der Waals surface area contributed by atoms with E-state index < -0.39 is 8.64 Å². The van der Waals surface area contributed by atoms with Crippen molar-refractivity contribution in [2.24, 2.45) is 0 Å². The van der Waals surface area contributed by atoms with Gasteiger partial charge in [0.25, 0.3) is 0 Å². The van der Waals surface area contributed by atoms with E-state index in [4.69, 9.17) is 4.43 Å². The van der Waals surface area contributed by atoms with E-state index in [1.54, 1.807) is 0 Å². The van der Waals surface area contributed by atoms with Crippen LogP contribution in [0.5, 0.6) is 0 Å². The van der Waals surface area contributed by atoms with E-state index in [2.05, 4.69) is 90.5 Å². The number of rotatable bonds is 3. The van der Waals surface area contributed by atoms with Gasteiger partial charge in [0.15, 0.2) is 0 Å². The van der Waals surface area contributed by atoms with Gasteiger partial charge in [-0.15, -0.1) is 0 Å². The summed E-state index contributed by atoms with van der Waals surface area (Å²) in [7, 11) is -0.493. The van der Waals surface area contributed by atoms with Gasteiger partial charge in [0.05, 0.1) is 0 Å². The minimum atomic E-state index is -2.31. The molecule has 0 atom stereocenters. The van der Waals surface area contributed by atoms with Gasteiger partial charge >= 0.3 is 8.64 Å². The van der Waals surface area contributed by atoms with Crippen molar-refractivity contribution in [2.75, 3.05) is 16.2 Å². The van der Waals surface area contributed by atoms with Crippen LogP contribution in [0.1, 0.15) is 11.1 Å². The summed E-state index contributed by atoms with van der Waals surface area (Å²) < 4.78 is 10.7. The predicted molar refractivity (Wildman–Crippen MR) is 95.1 cm³/mol. The molecule has 2 aromatic carbocycles. The summed E-state index contributed by atoms with van der Waals surface area (Å²) in [6, 6.07) is 16.9. The van der Waals surface area contributed by atoms with Crippen molar-refractivity contribution >= 4 is 20.0 Å². The monoisotopic (exact) mass is 310 g/mol. The molecule has 0 spiro atoms. The van der Waals surface area contributed by atoms with Crippen LogP contribution in [0, 0.1) is 13.8 Å². The van der Waals surface area contributed by atoms with Crippen LogP contribution in [0.25, 0.3) is 0 Å². The smallest absolute Gasteiger partial charge is 0.386 e. The molecule has 0 N–H and O–H groups in total. The fourth-order valence-corrected chi connectivity index (χ4v) is 5.71. The summed E-state index contributed by atoms with van der Waals surface area (Å²) in [5.74, 6) is 0. The molecule has 22 heavy (non-hydrogen) atoms. The lowest BCUT2D eigenvalue weighted by molar-refractivity contribution is 0.400. The predicted octanol–water partition coefficient (Wildman–Crippen LogP) is 4.32. The second kappa shape index (κ2) is 5.63. The zero-order valence-corrected chi connectivity index (χ0v) is 14.6. The Bertz CT molecular complexity index is 658. The van der Waals surface area contributed by atoms with Crippen LogP contribution in [0.2, 0.25) is 6.55 Å². The van der Waals surface area contributed by atoms with Gasteiger partial charge in [0.2, 0.25) is 0 Å². The number of hydrogen-bond donors (Lipinski definition) is 0. The fraction of sp³-hybridized carbons (Fsp3) is 0.222. The van der Waals surface area contributed by atoms with Crippen molar-refractivity contribution in [3.05, 3.63) is 72.1 Å². The molecule has 3 rings (SSSR count). The topological polar surface area (TPSA) is 15.7 Å². The van der Waals surface area contributed by atoms with Gasteiger partial charge in [-0.1, -0.05) is 36.4 Å². The molecule has 0 radical (unpaired) electrons. The average molecular weight is 310 g/mol. The maximum atomic E-state index is 6.07. The van der Waals surface area contributed by atoms with Crippen molar-refractivity contribution in [1.29, 1.82) is 0 Å². The Kier molecular flexibility index (Phi) is 3.81. The third-order valence-electron chi connectivity index (χ3n) is 4.40. The summed E-state index contributed by atoms with van der Waals surface area (Å²) in [6.07, 6.45) is 4.29. The zero-order chi connectivity index (χ0) is 15.7. The molecule has 1 aliphatic rings. The normalized spacial score (nSPS) is 16.4. The fourth-order valence-electron chi connectivity index (χ4n) is 3.00. The molecule has 1 aliphatic heterocycles. The van der Waals surface area contributed by atoms with Gasteiger partial charge in [-0.05, 0) is 43.7 Å². The second-order valence-electron chi connectivity index (χ2n) is 5.75. The molecule has 114 valence electrons. The van der Waals surface area contributed by atoms with Crippen LogP contribution in [-0.4, -0.2) is 15.8 Å². The van der Waals surface area contributed by atoms with Crippen molar-refractivity contribution < 1.29 is 4.43 Å². The molecule has 4 heteroatoms. The Morgan fingerprint density at radius 1 is 0.773 bits per heavy atom. The maximum absolute atomic E-state index is 6.07. The van der Waals surface area contributed by atoms with Crippen LogP contribution < -0.4 is 9.13 Å². The molecular weight excluding hydrogens is 288 g/mol. The van der Waals surface area contributed by atoms with E-state index in [0.717, 1.165) is 0 Å². The first-order chi connectivity index (χ1) is 10.6. The van der Waals surface area contributed by atoms with E-state index >= 15 is 0 Å². The van der Waals surface area contributed by atoms with Crippen molar-refractivity contribution in [2.45, 2.75) is 20.4 Å². The molecule has 3 nitrogen and oxygen atoms in total. The molecule has 2 aromatic rings. The van der Waals surface area contributed by atoms with Crippen molar-refractivity contribution in [3.8, 4) is 0 Å². The zero-order valence-electron chi connectivity index (χ0n) is 13.6. The van der Waals surface area contributed by atoms with E-state index in [0.29, 0.717) is 0 Å². The summed E-state index contributed by atoms with van der Waals surface area (Å²) in [4.78, 5) is 0. The largest absolute Gasteiger partial charge is 0.424 e. The minimum absolute atomic E-state index is 1.21. The highest BCUT2D eigenvalue weighted by atomic mass is 28.4. The highest BCUT2D eigenvalue weighted by molar-refractivity contribution is 6.81. The number of nitrogens with zero attached hydrogens (tertiary/aromatic N) is 2. The first-order valence-electron chi connectivity index (χ1n) is 7.51. The molecule has 0 unspecified atom stereocenters. The molecule has 0 saturated carbocycles. The van der Waals surface area contributed by atoms with E-state index in [1.807, 2.05) is 7.11 Å². The van der Waals surface area contributed by atoms with Gasteiger partial charge < -0.3 is 13.6 Å². The van der Waals surface area contributed by atoms with Gasteiger partial charge in [-0.25, -0.2) is 0 Å². The molecule has 0 fully saturated rings. The van der Waals surface area contributed by atoms with Gasteiger partial charge in [-0.3, -0.25) is 0 Å². The Morgan fingerprint density at radius 3 is 1.55 bits per heavy atom. The van der Waals surface area contributed by atoms with Crippen LogP contribution in [0.15, 0.2) is 60.9 Å². The van der Waals surface area contributed by atoms with Crippen LogP contribution in [-0.2, 0) is 4.43 Å². The Hall–Kier alpha value is -2.04. The SMILES string of the molecule is CO[Si]1(C)N(c2ccccc2C)C=CN1c1ccccc1C. The van der Waals surface area contributed by atoms with Crippen LogP contribution >= 0.6 is 0 Å². The first kappa shape index (κ1) is 14.9. The summed E-state index contributed by atoms with van der Waals surface area (Å²) in [5.41, 5.74) is 4.95. The lowest BCUT2D eigenvalue weighted by atomic mass is 10.2. The molecule has 0 amide bonds. The number of hydrogen-bond acceptors (Lipinski definition) is 3. The quantitative estimate of drug-likeness (QED) is 0.785. The van der Waals surface area contributed by atoms with E-state index in [9.17, 15) is 0 Å². The average Bonchev–Trinajstić information content (AvgIpc) is 2.86. The first-order valence-corrected chi connectivity index (χ1v) is 9.81. The number of aryl methyl sites for hydroxylation is 2. The third kappa shape index (κ3) is 2.25. The Labute approximate surface area is 133 Å². The van der Waals surface area contributed by atoms with Crippen LogP contribution in [0.3, 0.4) is 0 Å². The molecule has 1 heterocycles. The molecule has 0 aliphatic carbocycles. The molecular formula is C18H22N2OSi. The van der Waals surface area contributed by atoms with E-state index in [1.165, 1.54) is 22.5 Å².